The zero-order chi connectivity index (χ0) is 15.5. The van der Waals surface area contributed by atoms with Crippen LogP contribution in [0.1, 0.15) is 44.3 Å². The third-order valence-electron chi connectivity index (χ3n) is 3.45. The van der Waals surface area contributed by atoms with E-state index in [-0.39, 0.29) is 17.9 Å². The van der Waals surface area contributed by atoms with E-state index in [1.165, 1.54) is 0 Å². The number of aliphatic hydroxyl groups excluding tert-OH is 1. The second-order valence-electron chi connectivity index (χ2n) is 5.66. The first kappa shape index (κ1) is 16.4. The smallest absolute Gasteiger partial charge is 0.254 e. The lowest BCUT2D eigenvalue weighted by molar-refractivity contribution is -0.123. The first-order valence-electron chi connectivity index (χ1n) is 6.69. The fraction of sp³-hybridized carbons (Fsp3) is 0.643. The number of H-pyrrole nitrogens is 1. The number of nitrogens with one attached hydrogen (secondary N) is 2. The van der Waals surface area contributed by atoms with Crippen molar-refractivity contribution in [3.63, 3.8) is 0 Å². The molecule has 0 spiro atoms. The van der Waals surface area contributed by atoms with Gasteiger partial charge in [0.2, 0.25) is 5.91 Å². The lowest BCUT2D eigenvalue weighted by Crippen LogP contribution is -2.51. The Morgan fingerprint density at radius 2 is 2.05 bits per heavy atom. The second-order valence-corrected chi connectivity index (χ2v) is 5.66. The van der Waals surface area contributed by atoms with Crippen LogP contribution in [-0.4, -0.2) is 32.6 Å². The van der Waals surface area contributed by atoms with Gasteiger partial charge in [-0.25, -0.2) is 4.98 Å². The van der Waals surface area contributed by atoms with Gasteiger partial charge in [0, 0.05) is 17.7 Å². The van der Waals surface area contributed by atoms with E-state index in [0.29, 0.717) is 23.5 Å². The zero-order valence-electron chi connectivity index (χ0n) is 12.7. The molecule has 1 rings (SSSR count). The topological polar surface area (TPSA) is 95.1 Å². The van der Waals surface area contributed by atoms with Gasteiger partial charge in [-0.15, -0.1) is 0 Å². The Morgan fingerprint density at radius 3 is 2.55 bits per heavy atom. The number of hydrogen-bond donors (Lipinski definition) is 3. The highest BCUT2D eigenvalue weighted by Gasteiger charge is 2.25. The highest BCUT2D eigenvalue weighted by atomic mass is 16.3. The number of carbonyl (C=O) groups is 1. The Kier molecular flexibility index (Phi) is 5.05. The molecule has 1 unspecified atom stereocenters. The Bertz CT molecular complexity index is 547. The van der Waals surface area contributed by atoms with E-state index in [9.17, 15) is 14.7 Å². The standard InChI is InChI=1S/C14H23N3O3/c1-8-11(13(20)16-10(3)15-8)6-7-12(19)17-14(4,5)9(2)18/h9,18H,6-7H2,1-5H3,(H,17,19)(H,15,16,20). The maximum Gasteiger partial charge on any atom is 0.254 e. The molecule has 0 aliphatic carbocycles. The fourth-order valence-electron chi connectivity index (χ4n) is 1.81. The van der Waals surface area contributed by atoms with Crippen molar-refractivity contribution < 1.29 is 9.90 Å². The van der Waals surface area contributed by atoms with Crippen molar-refractivity contribution in [3.8, 4) is 0 Å². The highest BCUT2D eigenvalue weighted by Crippen LogP contribution is 2.09. The van der Waals surface area contributed by atoms with Crippen molar-refractivity contribution in [2.75, 3.05) is 0 Å². The number of aliphatic hydroxyl groups is 1. The van der Waals surface area contributed by atoms with Gasteiger partial charge in [0.05, 0.1) is 11.6 Å². The van der Waals surface area contributed by atoms with E-state index in [2.05, 4.69) is 15.3 Å². The molecule has 6 nitrogen and oxygen atoms in total. The van der Waals surface area contributed by atoms with Crippen LogP contribution in [0.3, 0.4) is 0 Å². The van der Waals surface area contributed by atoms with Crippen molar-refractivity contribution in [1.82, 2.24) is 15.3 Å². The van der Waals surface area contributed by atoms with E-state index in [1.54, 1.807) is 34.6 Å². The van der Waals surface area contributed by atoms with E-state index < -0.39 is 11.6 Å². The third-order valence-corrected chi connectivity index (χ3v) is 3.45. The average Bonchev–Trinajstić information content (AvgIpc) is 2.26. The minimum Gasteiger partial charge on any atom is -0.391 e. The lowest BCUT2D eigenvalue weighted by atomic mass is 9.98. The van der Waals surface area contributed by atoms with Gasteiger partial charge < -0.3 is 15.4 Å². The molecule has 0 aliphatic rings. The van der Waals surface area contributed by atoms with Crippen LogP contribution >= 0.6 is 0 Å². The van der Waals surface area contributed by atoms with Crippen molar-refractivity contribution in [2.45, 2.75) is 59.1 Å². The maximum atomic E-state index is 11.9. The molecule has 0 saturated carbocycles. The third kappa shape index (κ3) is 4.16. The molecular formula is C14H23N3O3. The number of aromatic amines is 1. The zero-order valence-corrected chi connectivity index (χ0v) is 12.7. The predicted molar refractivity (Wildman–Crippen MR) is 76.6 cm³/mol. The summed E-state index contributed by atoms with van der Waals surface area (Å²) in [6, 6.07) is 0. The van der Waals surface area contributed by atoms with Crippen LogP contribution in [0, 0.1) is 13.8 Å². The van der Waals surface area contributed by atoms with Gasteiger partial charge in [0.15, 0.2) is 0 Å². The fourth-order valence-corrected chi connectivity index (χ4v) is 1.81. The molecule has 0 aromatic carbocycles. The van der Waals surface area contributed by atoms with Gasteiger partial charge in [0.25, 0.3) is 5.56 Å². The van der Waals surface area contributed by atoms with Gasteiger partial charge in [-0.1, -0.05) is 0 Å². The summed E-state index contributed by atoms with van der Waals surface area (Å²) >= 11 is 0. The summed E-state index contributed by atoms with van der Waals surface area (Å²) < 4.78 is 0. The van der Waals surface area contributed by atoms with Gasteiger partial charge in [-0.3, -0.25) is 9.59 Å². The first-order chi connectivity index (χ1) is 9.13. The van der Waals surface area contributed by atoms with E-state index in [4.69, 9.17) is 0 Å². The quantitative estimate of drug-likeness (QED) is 0.736. The molecule has 0 aliphatic heterocycles. The molecular weight excluding hydrogens is 258 g/mol. The van der Waals surface area contributed by atoms with Crippen LogP contribution in [0.5, 0.6) is 0 Å². The van der Waals surface area contributed by atoms with Crippen molar-refractivity contribution in [3.05, 3.63) is 27.4 Å². The Labute approximate surface area is 118 Å². The van der Waals surface area contributed by atoms with E-state index in [1.807, 2.05) is 0 Å². The number of hydrogen-bond acceptors (Lipinski definition) is 4. The van der Waals surface area contributed by atoms with Gasteiger partial charge >= 0.3 is 0 Å². The number of carbonyl (C=O) groups excluding carboxylic acids is 1. The van der Waals surface area contributed by atoms with Gasteiger partial charge in [-0.2, -0.15) is 0 Å². The minimum absolute atomic E-state index is 0.185. The first-order valence-corrected chi connectivity index (χ1v) is 6.69. The molecule has 1 aromatic heterocycles. The highest BCUT2D eigenvalue weighted by molar-refractivity contribution is 5.77. The number of rotatable bonds is 5. The summed E-state index contributed by atoms with van der Waals surface area (Å²) in [7, 11) is 0. The maximum absolute atomic E-state index is 11.9. The van der Waals surface area contributed by atoms with Crippen LogP contribution in [-0.2, 0) is 11.2 Å². The SMILES string of the molecule is Cc1nc(C)c(CCC(=O)NC(C)(C)C(C)O)c(=O)[nH]1. The van der Waals surface area contributed by atoms with Crippen molar-refractivity contribution >= 4 is 5.91 Å². The number of amides is 1. The molecule has 3 N–H and O–H groups in total. The largest absolute Gasteiger partial charge is 0.391 e. The monoisotopic (exact) mass is 281 g/mol. The summed E-state index contributed by atoms with van der Waals surface area (Å²) in [6.07, 6.45) is -0.140. The Hall–Kier alpha value is -1.69. The van der Waals surface area contributed by atoms with Crippen LogP contribution in [0.4, 0.5) is 0 Å². The Morgan fingerprint density at radius 1 is 1.45 bits per heavy atom. The summed E-state index contributed by atoms with van der Waals surface area (Å²) in [4.78, 5) is 30.5. The van der Waals surface area contributed by atoms with Crippen LogP contribution < -0.4 is 10.9 Å². The molecule has 0 saturated heterocycles. The number of nitrogens with zero attached hydrogens (tertiary/aromatic N) is 1. The molecule has 1 atom stereocenters. The molecule has 20 heavy (non-hydrogen) atoms. The normalized spacial score (nSPS) is 13.1. The molecule has 1 heterocycles. The molecule has 1 aromatic rings. The molecule has 112 valence electrons. The van der Waals surface area contributed by atoms with Crippen LogP contribution in [0.15, 0.2) is 4.79 Å². The molecule has 0 fully saturated rings. The lowest BCUT2D eigenvalue weighted by Gasteiger charge is -2.29. The summed E-state index contributed by atoms with van der Waals surface area (Å²) in [5.74, 6) is 0.367. The summed E-state index contributed by atoms with van der Waals surface area (Å²) in [5, 5.41) is 12.3. The molecule has 0 bridgehead atoms. The summed E-state index contributed by atoms with van der Waals surface area (Å²) in [5.41, 5.74) is 0.288. The van der Waals surface area contributed by atoms with Crippen LogP contribution in [0.2, 0.25) is 0 Å². The molecule has 6 heteroatoms. The van der Waals surface area contributed by atoms with Gasteiger partial charge in [-0.05, 0) is 41.0 Å². The molecule has 1 amide bonds. The van der Waals surface area contributed by atoms with E-state index in [0.717, 1.165) is 0 Å². The van der Waals surface area contributed by atoms with Gasteiger partial charge in [0.1, 0.15) is 5.82 Å². The predicted octanol–water partition coefficient (Wildman–Crippen LogP) is 0.595. The van der Waals surface area contributed by atoms with Crippen molar-refractivity contribution in [1.29, 1.82) is 0 Å². The van der Waals surface area contributed by atoms with Crippen LogP contribution in [0.25, 0.3) is 0 Å². The molecule has 0 radical (unpaired) electrons. The average molecular weight is 281 g/mol. The van der Waals surface area contributed by atoms with Crippen molar-refractivity contribution in [2.24, 2.45) is 0 Å². The number of aromatic nitrogens is 2. The second kappa shape index (κ2) is 6.17. The number of aryl methyl sites for hydroxylation is 2. The minimum atomic E-state index is -0.690. The van der Waals surface area contributed by atoms with E-state index >= 15 is 0 Å². The summed E-state index contributed by atoms with van der Waals surface area (Å²) in [6.45, 7) is 8.60. The Balaban J connectivity index is 2.69.